The number of piperidine rings is 1. The summed E-state index contributed by atoms with van der Waals surface area (Å²) in [6.07, 6.45) is -0.206. The predicted molar refractivity (Wildman–Crippen MR) is 54.3 cm³/mol. The Hall–Kier alpha value is -0.800. The first-order valence-electron chi connectivity index (χ1n) is 5.50. The average molecular weight is 215 g/mol. The van der Waals surface area contributed by atoms with Crippen LogP contribution >= 0.6 is 0 Å². The van der Waals surface area contributed by atoms with Gasteiger partial charge in [-0.3, -0.25) is 0 Å². The van der Waals surface area contributed by atoms with Gasteiger partial charge in [-0.25, -0.2) is 9.18 Å². The Bertz CT molecular complexity index is 274. The van der Waals surface area contributed by atoms with Crippen molar-refractivity contribution in [3.8, 4) is 0 Å². The van der Waals surface area contributed by atoms with Gasteiger partial charge < -0.3 is 9.64 Å². The van der Waals surface area contributed by atoms with Gasteiger partial charge in [-0.15, -0.1) is 0 Å². The van der Waals surface area contributed by atoms with E-state index in [1.165, 1.54) is 0 Å². The third kappa shape index (κ3) is 2.24. The predicted octanol–water partition coefficient (Wildman–Crippen LogP) is 2.21. The molecule has 3 nitrogen and oxygen atoms in total. The molecule has 0 N–H and O–H groups in total. The van der Waals surface area contributed by atoms with Crippen molar-refractivity contribution in [1.29, 1.82) is 0 Å². The van der Waals surface area contributed by atoms with Crippen LogP contribution in [0, 0.1) is 11.8 Å². The topological polar surface area (TPSA) is 29.5 Å². The molecule has 2 rings (SSSR count). The molecule has 86 valence electrons. The van der Waals surface area contributed by atoms with Gasteiger partial charge in [0.15, 0.2) is 0 Å². The fraction of sp³-hybridized carbons (Fsp3) is 0.909. The van der Waals surface area contributed by atoms with Crippen LogP contribution in [0.25, 0.3) is 0 Å². The lowest BCUT2D eigenvalue weighted by Gasteiger charge is -2.29. The van der Waals surface area contributed by atoms with Crippen LogP contribution < -0.4 is 0 Å². The van der Waals surface area contributed by atoms with E-state index in [1.54, 1.807) is 4.90 Å². The molecule has 1 aliphatic carbocycles. The summed E-state index contributed by atoms with van der Waals surface area (Å²) in [7, 11) is 0. The molecular weight excluding hydrogens is 197 g/mol. The van der Waals surface area contributed by atoms with Crippen molar-refractivity contribution in [2.75, 3.05) is 13.1 Å². The lowest BCUT2D eigenvalue weighted by atomic mass is 10.1. The number of amides is 1. The molecule has 0 aromatic rings. The minimum absolute atomic E-state index is 0.0752. The highest BCUT2D eigenvalue weighted by atomic mass is 19.1. The molecule has 1 aliphatic heterocycles. The summed E-state index contributed by atoms with van der Waals surface area (Å²) in [6, 6.07) is 0. The minimum atomic E-state index is -0.683. The monoisotopic (exact) mass is 215 g/mol. The summed E-state index contributed by atoms with van der Waals surface area (Å²) in [6.45, 7) is 6.68. The lowest BCUT2D eigenvalue weighted by Crippen LogP contribution is -2.40. The molecule has 4 heteroatoms. The van der Waals surface area contributed by atoms with Crippen LogP contribution in [0.1, 0.15) is 27.2 Å². The number of hydrogen-bond donors (Lipinski definition) is 0. The van der Waals surface area contributed by atoms with Crippen molar-refractivity contribution >= 4 is 6.09 Å². The molecule has 0 aromatic heterocycles. The SMILES string of the molecule is CC(C)(C)OC(=O)N1CCC2C(F)C2C1. The number of alkyl halides is 1. The molecule has 3 unspecified atom stereocenters. The molecule has 1 saturated heterocycles. The summed E-state index contributed by atoms with van der Waals surface area (Å²) >= 11 is 0. The van der Waals surface area contributed by atoms with E-state index in [2.05, 4.69) is 0 Å². The number of halogens is 1. The van der Waals surface area contributed by atoms with Gasteiger partial charge in [0.1, 0.15) is 11.8 Å². The third-order valence-electron chi connectivity index (χ3n) is 3.04. The van der Waals surface area contributed by atoms with Crippen molar-refractivity contribution in [1.82, 2.24) is 4.90 Å². The quantitative estimate of drug-likeness (QED) is 0.620. The Morgan fingerprint density at radius 1 is 1.40 bits per heavy atom. The molecule has 2 fully saturated rings. The van der Waals surface area contributed by atoms with Crippen molar-refractivity contribution in [3.05, 3.63) is 0 Å². The van der Waals surface area contributed by atoms with E-state index in [9.17, 15) is 9.18 Å². The maximum absolute atomic E-state index is 13.1. The van der Waals surface area contributed by atoms with E-state index in [-0.39, 0.29) is 17.9 Å². The molecule has 1 saturated carbocycles. The Morgan fingerprint density at radius 2 is 2.07 bits per heavy atom. The fourth-order valence-corrected chi connectivity index (χ4v) is 2.15. The highest BCUT2D eigenvalue weighted by molar-refractivity contribution is 5.68. The van der Waals surface area contributed by atoms with Crippen molar-refractivity contribution in [2.24, 2.45) is 11.8 Å². The van der Waals surface area contributed by atoms with Gasteiger partial charge in [-0.05, 0) is 33.1 Å². The van der Waals surface area contributed by atoms with Gasteiger partial charge in [-0.2, -0.15) is 0 Å². The van der Waals surface area contributed by atoms with Gasteiger partial charge >= 0.3 is 6.09 Å². The molecule has 2 aliphatic rings. The van der Waals surface area contributed by atoms with E-state index >= 15 is 0 Å². The maximum Gasteiger partial charge on any atom is 0.410 e. The van der Waals surface area contributed by atoms with Crippen LogP contribution in [0.4, 0.5) is 9.18 Å². The lowest BCUT2D eigenvalue weighted by molar-refractivity contribution is 0.0206. The van der Waals surface area contributed by atoms with Gasteiger partial charge in [0.2, 0.25) is 0 Å². The Morgan fingerprint density at radius 3 is 2.60 bits per heavy atom. The number of ether oxygens (including phenoxy) is 1. The second-order valence-electron chi connectivity index (χ2n) is 5.49. The molecule has 0 bridgehead atoms. The molecule has 3 atom stereocenters. The number of nitrogens with zero attached hydrogens (tertiary/aromatic N) is 1. The Kier molecular flexibility index (Phi) is 2.40. The van der Waals surface area contributed by atoms with Crippen molar-refractivity contribution < 1.29 is 13.9 Å². The number of hydrogen-bond acceptors (Lipinski definition) is 2. The van der Waals surface area contributed by atoms with Crippen LogP contribution in [0.5, 0.6) is 0 Å². The fourth-order valence-electron chi connectivity index (χ4n) is 2.15. The largest absolute Gasteiger partial charge is 0.444 e. The van der Waals surface area contributed by atoms with Gasteiger partial charge in [0.05, 0.1) is 0 Å². The summed E-state index contributed by atoms with van der Waals surface area (Å²) in [5.74, 6) is 0.287. The number of rotatable bonds is 0. The first kappa shape index (κ1) is 10.7. The van der Waals surface area contributed by atoms with Crippen LogP contribution in [-0.2, 0) is 4.74 Å². The second kappa shape index (κ2) is 3.35. The zero-order valence-electron chi connectivity index (χ0n) is 9.50. The summed E-state index contributed by atoms with van der Waals surface area (Å²) in [4.78, 5) is 13.3. The molecule has 0 spiro atoms. The van der Waals surface area contributed by atoms with Gasteiger partial charge in [-0.1, -0.05) is 0 Å². The second-order valence-corrected chi connectivity index (χ2v) is 5.49. The third-order valence-corrected chi connectivity index (χ3v) is 3.04. The van der Waals surface area contributed by atoms with Crippen LogP contribution in [-0.4, -0.2) is 35.9 Å². The van der Waals surface area contributed by atoms with E-state index in [0.29, 0.717) is 13.1 Å². The molecule has 0 aromatic carbocycles. The minimum Gasteiger partial charge on any atom is -0.444 e. The number of carbonyl (C=O) groups is 1. The molecule has 0 radical (unpaired) electrons. The first-order chi connectivity index (χ1) is 6.88. The molecular formula is C11H18FNO2. The zero-order chi connectivity index (χ0) is 11.2. The number of likely N-dealkylation sites (tertiary alicyclic amines) is 1. The normalized spacial score (nSPS) is 34.7. The standard InChI is InChI=1S/C11H18FNO2/c1-11(2,3)15-10(14)13-5-4-7-8(6-13)9(7)12/h7-9H,4-6H2,1-3H3. The van der Waals surface area contributed by atoms with Crippen LogP contribution in [0.2, 0.25) is 0 Å². The molecule has 15 heavy (non-hydrogen) atoms. The van der Waals surface area contributed by atoms with E-state index in [4.69, 9.17) is 4.74 Å². The van der Waals surface area contributed by atoms with E-state index in [0.717, 1.165) is 6.42 Å². The maximum atomic E-state index is 13.1. The average Bonchev–Trinajstić information content (AvgIpc) is 2.74. The smallest absolute Gasteiger partial charge is 0.410 e. The molecule has 1 amide bonds. The van der Waals surface area contributed by atoms with Crippen LogP contribution in [0.15, 0.2) is 0 Å². The van der Waals surface area contributed by atoms with Gasteiger partial charge in [0, 0.05) is 19.0 Å². The highest BCUT2D eigenvalue weighted by Gasteiger charge is 2.54. The first-order valence-corrected chi connectivity index (χ1v) is 5.50. The summed E-state index contributed by atoms with van der Waals surface area (Å²) in [5, 5.41) is 0. The Labute approximate surface area is 89.6 Å². The van der Waals surface area contributed by atoms with E-state index in [1.807, 2.05) is 20.8 Å². The molecule has 1 heterocycles. The van der Waals surface area contributed by atoms with Crippen LogP contribution in [0.3, 0.4) is 0 Å². The van der Waals surface area contributed by atoms with E-state index < -0.39 is 11.8 Å². The zero-order valence-corrected chi connectivity index (χ0v) is 9.50. The van der Waals surface area contributed by atoms with Gasteiger partial charge in [0.25, 0.3) is 0 Å². The van der Waals surface area contributed by atoms with Crippen molar-refractivity contribution in [2.45, 2.75) is 39.0 Å². The Balaban J connectivity index is 1.87. The summed E-state index contributed by atoms with van der Waals surface area (Å²) in [5.41, 5.74) is -0.466. The number of fused-ring (bicyclic) bond motifs is 1. The van der Waals surface area contributed by atoms with Crippen molar-refractivity contribution in [3.63, 3.8) is 0 Å². The highest BCUT2D eigenvalue weighted by Crippen LogP contribution is 2.47. The summed E-state index contributed by atoms with van der Waals surface area (Å²) < 4.78 is 18.3. The number of carbonyl (C=O) groups excluding carboxylic acids is 1.